The number of aromatic nitrogens is 1. The molecule has 2 fully saturated rings. The summed E-state index contributed by atoms with van der Waals surface area (Å²) in [5.41, 5.74) is 3.64. The van der Waals surface area contributed by atoms with Crippen LogP contribution in [0.15, 0.2) is 29.2 Å². The number of hydrogen-bond donors (Lipinski definition) is 1. The lowest BCUT2D eigenvalue weighted by Crippen LogP contribution is -2.47. The molecule has 0 spiro atoms. The van der Waals surface area contributed by atoms with Gasteiger partial charge in [-0.15, -0.1) is 0 Å². The van der Waals surface area contributed by atoms with Crippen molar-refractivity contribution in [3.05, 3.63) is 39.8 Å². The summed E-state index contributed by atoms with van der Waals surface area (Å²) in [4.78, 5) is 22.8. The van der Waals surface area contributed by atoms with Crippen LogP contribution < -0.4 is 5.73 Å². The molecule has 11 heteroatoms. The molecule has 1 saturated carbocycles. The molecule has 1 aliphatic carbocycles. The van der Waals surface area contributed by atoms with Crippen LogP contribution in [0.25, 0.3) is 0 Å². The number of alkyl halides is 3. The molecule has 3 rings (SSSR count). The van der Waals surface area contributed by atoms with Gasteiger partial charge in [0.15, 0.2) is 5.71 Å². The molecular weight excluding hydrogens is 504 g/mol. The number of pyridine rings is 1. The Kier molecular flexibility index (Phi) is 9.46. The second kappa shape index (κ2) is 11.9. The first-order chi connectivity index (χ1) is 16.5. The molecule has 2 heterocycles. The lowest BCUT2D eigenvalue weighted by Gasteiger charge is -2.33. The van der Waals surface area contributed by atoms with Crippen LogP contribution in [0.5, 0.6) is 0 Å². The lowest BCUT2D eigenvalue weighted by atomic mass is 9.95. The molecule has 1 aliphatic heterocycles. The molecule has 6 nitrogen and oxygen atoms in total. The van der Waals surface area contributed by atoms with Crippen LogP contribution in [0.4, 0.5) is 13.2 Å². The number of hydrogen-bond acceptors (Lipinski definition) is 5. The molecule has 1 aromatic rings. The van der Waals surface area contributed by atoms with Crippen molar-refractivity contribution in [3.8, 4) is 0 Å². The highest BCUT2D eigenvalue weighted by molar-refractivity contribution is 6.35. The summed E-state index contributed by atoms with van der Waals surface area (Å²) in [6.45, 7) is 2.53. The molecule has 0 radical (unpaired) electrons. The largest absolute Gasteiger partial charge is 0.433 e. The topological polar surface area (TPSA) is 80.8 Å². The van der Waals surface area contributed by atoms with Gasteiger partial charge in [-0.2, -0.15) is 13.2 Å². The first-order valence-electron chi connectivity index (χ1n) is 11.8. The standard InChI is InChI=1S/C24H31Cl2F3N4O2/c1-23(9-5-11-35-23)15-33(10-8-17-19(25)13-31-14-20(17)26)22(34)18(12-30)21(24(27,28)29)32-16-6-3-2-4-7-16/h12-14,16H,2-11,15,30H2,1H3. The fraction of sp³-hybridized carbons (Fsp3) is 0.625. The van der Waals surface area contributed by atoms with Gasteiger partial charge in [0, 0.05) is 38.3 Å². The zero-order valence-electron chi connectivity index (χ0n) is 19.7. The van der Waals surface area contributed by atoms with Crippen LogP contribution >= 0.6 is 23.2 Å². The molecular formula is C24H31Cl2F3N4O2. The Labute approximate surface area is 213 Å². The first-order valence-corrected chi connectivity index (χ1v) is 12.6. The first kappa shape index (κ1) is 27.7. The number of nitrogens with two attached hydrogens (primary N) is 1. The summed E-state index contributed by atoms with van der Waals surface area (Å²) in [7, 11) is 0. The van der Waals surface area contributed by atoms with Crippen molar-refractivity contribution >= 4 is 34.8 Å². The Balaban J connectivity index is 1.91. The van der Waals surface area contributed by atoms with Gasteiger partial charge in [-0.3, -0.25) is 14.8 Å². The van der Waals surface area contributed by atoms with Crippen molar-refractivity contribution in [1.82, 2.24) is 9.88 Å². The van der Waals surface area contributed by atoms with E-state index >= 15 is 0 Å². The average molecular weight is 535 g/mol. The molecule has 1 aromatic heterocycles. The van der Waals surface area contributed by atoms with E-state index in [0.29, 0.717) is 47.7 Å². The Morgan fingerprint density at radius 1 is 1.26 bits per heavy atom. The number of halogens is 5. The third-order valence-corrected chi connectivity index (χ3v) is 7.16. The van der Waals surface area contributed by atoms with Crippen LogP contribution in [0, 0.1) is 0 Å². The van der Waals surface area contributed by atoms with Gasteiger partial charge in [-0.25, -0.2) is 0 Å². The molecule has 0 aromatic carbocycles. The van der Waals surface area contributed by atoms with Crippen molar-refractivity contribution < 1.29 is 22.7 Å². The fourth-order valence-electron chi connectivity index (χ4n) is 4.65. The Hall–Kier alpha value is -1.84. The average Bonchev–Trinajstić information content (AvgIpc) is 3.24. The van der Waals surface area contributed by atoms with Gasteiger partial charge in [0.1, 0.15) is 0 Å². The molecule has 35 heavy (non-hydrogen) atoms. The summed E-state index contributed by atoms with van der Waals surface area (Å²) in [5.74, 6) is -0.850. The summed E-state index contributed by atoms with van der Waals surface area (Å²) in [5, 5.41) is 0.635. The second-order valence-electron chi connectivity index (χ2n) is 9.31. The molecule has 2 aliphatic rings. The summed E-state index contributed by atoms with van der Waals surface area (Å²) < 4.78 is 48.1. The van der Waals surface area contributed by atoms with Gasteiger partial charge in [-0.05, 0) is 44.6 Å². The quantitative estimate of drug-likeness (QED) is 0.352. The molecule has 2 N–H and O–H groups in total. The molecule has 1 saturated heterocycles. The number of amides is 1. The van der Waals surface area contributed by atoms with E-state index in [2.05, 4.69) is 9.98 Å². The van der Waals surface area contributed by atoms with Crippen molar-refractivity contribution in [1.29, 1.82) is 0 Å². The Bertz CT molecular complexity index is 936. The number of carbonyl (C=O) groups is 1. The van der Waals surface area contributed by atoms with E-state index in [-0.39, 0.29) is 19.5 Å². The predicted molar refractivity (Wildman–Crippen MR) is 131 cm³/mol. The van der Waals surface area contributed by atoms with E-state index in [4.69, 9.17) is 33.7 Å². The van der Waals surface area contributed by atoms with E-state index in [1.165, 1.54) is 17.3 Å². The third kappa shape index (κ3) is 7.33. The highest BCUT2D eigenvalue weighted by Crippen LogP contribution is 2.31. The maximum absolute atomic E-state index is 14.1. The second-order valence-corrected chi connectivity index (χ2v) is 10.1. The zero-order chi connectivity index (χ0) is 25.6. The number of ether oxygens (including phenoxy) is 1. The van der Waals surface area contributed by atoms with Gasteiger partial charge in [0.05, 0.1) is 27.3 Å². The van der Waals surface area contributed by atoms with E-state index < -0.39 is 35.0 Å². The van der Waals surface area contributed by atoms with Crippen LogP contribution in [-0.2, 0) is 16.0 Å². The SMILES string of the molecule is CC1(CN(CCc2c(Cl)cncc2Cl)C(=O)C(=CN)C(=NC2CCCCC2)C(F)(F)F)CCCO1. The Morgan fingerprint density at radius 2 is 1.91 bits per heavy atom. The predicted octanol–water partition coefficient (Wildman–Crippen LogP) is 5.51. The van der Waals surface area contributed by atoms with Gasteiger partial charge < -0.3 is 15.4 Å². The molecule has 1 atom stereocenters. The summed E-state index contributed by atoms with van der Waals surface area (Å²) >= 11 is 12.4. The van der Waals surface area contributed by atoms with Crippen LogP contribution in [0.2, 0.25) is 10.0 Å². The van der Waals surface area contributed by atoms with Gasteiger partial charge in [0.2, 0.25) is 0 Å². The van der Waals surface area contributed by atoms with E-state index in [1.807, 2.05) is 6.92 Å². The minimum absolute atomic E-state index is 0.0626. The zero-order valence-corrected chi connectivity index (χ0v) is 21.2. The number of aliphatic imine (C=N–C) groups is 1. The van der Waals surface area contributed by atoms with Crippen LogP contribution in [0.3, 0.4) is 0 Å². The summed E-state index contributed by atoms with van der Waals surface area (Å²) in [6, 6.07) is -0.485. The molecule has 0 bridgehead atoms. The maximum Gasteiger partial charge on any atom is 0.433 e. The van der Waals surface area contributed by atoms with Crippen LogP contribution in [0.1, 0.15) is 57.4 Å². The number of carbonyl (C=O) groups excluding carboxylic acids is 1. The van der Waals surface area contributed by atoms with Crippen LogP contribution in [-0.4, -0.2) is 59.0 Å². The van der Waals surface area contributed by atoms with Gasteiger partial charge in [0.25, 0.3) is 5.91 Å². The monoisotopic (exact) mass is 534 g/mol. The highest BCUT2D eigenvalue weighted by atomic mass is 35.5. The van der Waals surface area contributed by atoms with Crippen molar-refractivity contribution in [2.45, 2.75) is 76.1 Å². The van der Waals surface area contributed by atoms with Crippen molar-refractivity contribution in [2.75, 3.05) is 19.7 Å². The van der Waals surface area contributed by atoms with Gasteiger partial charge in [-0.1, -0.05) is 42.5 Å². The number of nitrogens with zero attached hydrogens (tertiary/aromatic N) is 3. The molecule has 1 amide bonds. The van der Waals surface area contributed by atoms with Crippen molar-refractivity contribution in [3.63, 3.8) is 0 Å². The van der Waals surface area contributed by atoms with Crippen molar-refractivity contribution in [2.24, 2.45) is 10.7 Å². The minimum Gasteiger partial charge on any atom is -0.404 e. The molecule has 1 unspecified atom stereocenters. The van der Waals surface area contributed by atoms with E-state index in [0.717, 1.165) is 25.7 Å². The third-order valence-electron chi connectivity index (χ3n) is 6.50. The van der Waals surface area contributed by atoms with E-state index in [9.17, 15) is 18.0 Å². The summed E-state index contributed by atoms with van der Waals surface area (Å²) in [6.07, 6.45) is 4.16. The smallest absolute Gasteiger partial charge is 0.404 e. The normalized spacial score (nSPS) is 22.5. The van der Waals surface area contributed by atoms with Gasteiger partial charge >= 0.3 is 6.18 Å². The van der Waals surface area contributed by atoms with E-state index in [1.54, 1.807) is 0 Å². The maximum atomic E-state index is 14.1. The molecule has 194 valence electrons. The Morgan fingerprint density at radius 3 is 2.46 bits per heavy atom. The highest BCUT2D eigenvalue weighted by Gasteiger charge is 2.43. The minimum atomic E-state index is -4.82. The number of rotatable bonds is 8. The fourth-order valence-corrected chi connectivity index (χ4v) is 5.20. The lowest BCUT2D eigenvalue weighted by molar-refractivity contribution is -0.130.